The number of nitrogens with one attached hydrogen (secondary N) is 1. The molecule has 4 heteroatoms. The van der Waals surface area contributed by atoms with Crippen LogP contribution in [0.3, 0.4) is 0 Å². The Balaban J connectivity index is 1.95. The lowest BCUT2D eigenvalue weighted by molar-refractivity contribution is 0.446. The number of hydrogen-bond donors (Lipinski definition) is 1. The molecule has 0 bridgehead atoms. The molecule has 0 saturated carbocycles. The van der Waals surface area contributed by atoms with E-state index in [1.165, 1.54) is 11.1 Å². The smallest absolute Gasteiger partial charge is 0.0408 e. The van der Waals surface area contributed by atoms with Crippen LogP contribution < -0.4 is 5.32 Å². The lowest BCUT2D eigenvalue weighted by Gasteiger charge is -2.20. The highest BCUT2D eigenvalue weighted by atomic mass is 35.5. The predicted molar refractivity (Wildman–Crippen MR) is 78.7 cm³/mol. The van der Waals surface area contributed by atoms with Gasteiger partial charge < -0.3 is 5.32 Å². The largest absolute Gasteiger partial charge is 0.307 e. The first kappa shape index (κ1) is 14.0. The number of halogens is 1. The van der Waals surface area contributed by atoms with Gasteiger partial charge >= 0.3 is 0 Å². The molecule has 1 aromatic carbocycles. The minimum absolute atomic E-state index is 0.403. The first-order valence-corrected chi connectivity index (χ1v) is 8.51. The quantitative estimate of drug-likeness (QED) is 0.901. The Morgan fingerprint density at radius 1 is 1.56 bits per heavy atom. The third-order valence-corrected chi connectivity index (χ3v) is 4.55. The molecule has 0 aromatic heterocycles. The molecule has 2 nitrogen and oxygen atoms in total. The second-order valence-electron chi connectivity index (χ2n) is 5.07. The topological polar surface area (TPSA) is 29.1 Å². The van der Waals surface area contributed by atoms with E-state index in [-0.39, 0.29) is 0 Å². The van der Waals surface area contributed by atoms with Gasteiger partial charge in [0.05, 0.1) is 0 Å². The van der Waals surface area contributed by atoms with E-state index in [2.05, 4.69) is 24.4 Å². The van der Waals surface area contributed by atoms with Gasteiger partial charge in [0.25, 0.3) is 0 Å². The Morgan fingerprint density at radius 3 is 3.06 bits per heavy atom. The van der Waals surface area contributed by atoms with Gasteiger partial charge in [-0.05, 0) is 49.4 Å². The molecule has 0 aliphatic heterocycles. The van der Waals surface area contributed by atoms with Crippen molar-refractivity contribution in [3.8, 4) is 0 Å². The van der Waals surface area contributed by atoms with Gasteiger partial charge in [0.1, 0.15) is 0 Å². The van der Waals surface area contributed by atoms with Crippen LogP contribution in [0.1, 0.15) is 36.9 Å². The monoisotopic (exact) mass is 285 g/mol. The van der Waals surface area contributed by atoms with Gasteiger partial charge in [0.2, 0.25) is 0 Å². The number of rotatable bonds is 5. The third kappa shape index (κ3) is 3.56. The first-order valence-electron chi connectivity index (χ1n) is 6.40. The van der Waals surface area contributed by atoms with Crippen LogP contribution in [-0.4, -0.2) is 22.3 Å². The van der Waals surface area contributed by atoms with Crippen molar-refractivity contribution in [3.05, 3.63) is 34.3 Å². The fraction of sp³-hybridized carbons (Fsp3) is 0.571. The highest BCUT2D eigenvalue weighted by molar-refractivity contribution is 7.84. The second kappa shape index (κ2) is 6.18. The Morgan fingerprint density at radius 2 is 2.33 bits per heavy atom. The van der Waals surface area contributed by atoms with E-state index >= 15 is 0 Å². The SMILES string of the molecule is CC(CCS(C)=O)NC1CCc2cc(Cl)ccc21. The van der Waals surface area contributed by atoms with Crippen molar-refractivity contribution in [1.29, 1.82) is 0 Å². The Bertz CT molecular complexity index is 449. The summed E-state index contributed by atoms with van der Waals surface area (Å²) in [4.78, 5) is 0. The zero-order chi connectivity index (χ0) is 13.1. The Labute approximate surface area is 117 Å². The van der Waals surface area contributed by atoms with E-state index in [4.69, 9.17) is 11.6 Å². The standard InChI is InChI=1S/C14H20ClNOS/c1-10(7-8-18(2)17)16-14-6-3-11-9-12(15)4-5-13(11)14/h4-5,9-10,14,16H,3,6-8H2,1-2H3. The van der Waals surface area contributed by atoms with Gasteiger partial charge in [0.15, 0.2) is 0 Å². The van der Waals surface area contributed by atoms with Crippen molar-refractivity contribution in [2.24, 2.45) is 0 Å². The van der Waals surface area contributed by atoms with Crippen molar-refractivity contribution in [1.82, 2.24) is 5.32 Å². The molecule has 100 valence electrons. The van der Waals surface area contributed by atoms with Crippen molar-refractivity contribution >= 4 is 22.4 Å². The molecule has 0 heterocycles. The van der Waals surface area contributed by atoms with Gasteiger partial charge in [-0.3, -0.25) is 4.21 Å². The predicted octanol–water partition coefficient (Wildman–Crippen LogP) is 3.07. The fourth-order valence-corrected chi connectivity index (χ4v) is 3.41. The summed E-state index contributed by atoms with van der Waals surface area (Å²) >= 11 is 6.01. The van der Waals surface area contributed by atoms with E-state index in [9.17, 15) is 4.21 Å². The summed E-state index contributed by atoms with van der Waals surface area (Å²) < 4.78 is 11.1. The van der Waals surface area contributed by atoms with Crippen LogP contribution in [0.25, 0.3) is 0 Å². The maximum atomic E-state index is 11.1. The molecule has 3 unspecified atom stereocenters. The fourth-order valence-electron chi connectivity index (χ4n) is 2.53. The van der Waals surface area contributed by atoms with Crippen LogP contribution >= 0.6 is 11.6 Å². The first-order chi connectivity index (χ1) is 8.56. The summed E-state index contributed by atoms with van der Waals surface area (Å²) in [5, 5.41) is 4.46. The summed E-state index contributed by atoms with van der Waals surface area (Å²) in [6, 6.07) is 7.00. The molecule has 0 fully saturated rings. The average molecular weight is 286 g/mol. The number of aryl methyl sites for hydroxylation is 1. The zero-order valence-corrected chi connectivity index (χ0v) is 12.5. The summed E-state index contributed by atoms with van der Waals surface area (Å²) in [5.41, 5.74) is 2.75. The molecule has 0 amide bonds. The maximum absolute atomic E-state index is 11.1. The Hall–Kier alpha value is -0.380. The molecule has 18 heavy (non-hydrogen) atoms. The molecule has 0 radical (unpaired) electrons. The van der Waals surface area contributed by atoms with Crippen LogP contribution in [0.5, 0.6) is 0 Å². The summed E-state index contributed by atoms with van der Waals surface area (Å²) in [6.45, 7) is 2.17. The van der Waals surface area contributed by atoms with Crippen LogP contribution in [0.15, 0.2) is 18.2 Å². The lowest BCUT2D eigenvalue weighted by Crippen LogP contribution is -2.30. The average Bonchev–Trinajstić information content (AvgIpc) is 2.69. The van der Waals surface area contributed by atoms with Crippen molar-refractivity contribution in [2.75, 3.05) is 12.0 Å². The molecule has 1 aliphatic carbocycles. The van der Waals surface area contributed by atoms with Crippen molar-refractivity contribution in [2.45, 2.75) is 38.3 Å². The molecule has 1 aromatic rings. The van der Waals surface area contributed by atoms with Gasteiger partial charge in [0, 0.05) is 39.9 Å². The lowest BCUT2D eigenvalue weighted by atomic mass is 10.1. The van der Waals surface area contributed by atoms with E-state index in [0.29, 0.717) is 12.1 Å². The van der Waals surface area contributed by atoms with Gasteiger partial charge in [-0.2, -0.15) is 0 Å². The van der Waals surface area contributed by atoms with Crippen molar-refractivity contribution in [3.63, 3.8) is 0 Å². The van der Waals surface area contributed by atoms with E-state index in [1.54, 1.807) is 6.26 Å². The van der Waals surface area contributed by atoms with Crippen molar-refractivity contribution < 1.29 is 4.21 Å². The van der Waals surface area contributed by atoms with Crippen LogP contribution in [0, 0.1) is 0 Å². The summed E-state index contributed by atoms with van der Waals surface area (Å²) in [7, 11) is -0.695. The molecule has 0 saturated heterocycles. The van der Waals surface area contributed by atoms with E-state index in [0.717, 1.165) is 30.0 Å². The molecule has 2 rings (SSSR count). The summed E-state index contributed by atoms with van der Waals surface area (Å²) in [5.74, 6) is 0.772. The molecule has 0 spiro atoms. The van der Waals surface area contributed by atoms with Gasteiger partial charge in [-0.25, -0.2) is 0 Å². The van der Waals surface area contributed by atoms with Gasteiger partial charge in [-0.1, -0.05) is 17.7 Å². The Kier molecular flexibility index (Phi) is 4.82. The molecular weight excluding hydrogens is 266 g/mol. The number of benzene rings is 1. The highest BCUT2D eigenvalue weighted by Crippen LogP contribution is 2.33. The highest BCUT2D eigenvalue weighted by Gasteiger charge is 2.23. The summed E-state index contributed by atoms with van der Waals surface area (Å²) in [6.07, 6.45) is 4.96. The number of hydrogen-bond acceptors (Lipinski definition) is 2. The molecule has 1 N–H and O–H groups in total. The second-order valence-corrected chi connectivity index (χ2v) is 7.06. The van der Waals surface area contributed by atoms with Gasteiger partial charge in [-0.15, -0.1) is 0 Å². The normalized spacial score (nSPS) is 21.6. The van der Waals surface area contributed by atoms with E-state index in [1.807, 2.05) is 6.07 Å². The minimum Gasteiger partial charge on any atom is -0.307 e. The molecule has 3 atom stereocenters. The van der Waals surface area contributed by atoms with E-state index < -0.39 is 10.8 Å². The molecule has 1 aliphatic rings. The van der Waals surface area contributed by atoms with Crippen LogP contribution in [0.4, 0.5) is 0 Å². The van der Waals surface area contributed by atoms with Crippen LogP contribution in [0.2, 0.25) is 5.02 Å². The third-order valence-electron chi connectivity index (χ3n) is 3.51. The number of fused-ring (bicyclic) bond motifs is 1. The maximum Gasteiger partial charge on any atom is 0.0408 e. The minimum atomic E-state index is -0.695. The van der Waals surface area contributed by atoms with Crippen LogP contribution in [-0.2, 0) is 17.2 Å². The molecular formula is C14H20ClNOS. The zero-order valence-electron chi connectivity index (χ0n) is 10.9.